The summed E-state index contributed by atoms with van der Waals surface area (Å²) in [6, 6.07) is -0.0414. The van der Waals surface area contributed by atoms with Crippen LogP contribution in [0, 0.1) is 0 Å². The van der Waals surface area contributed by atoms with Crippen molar-refractivity contribution in [2.75, 3.05) is 18.1 Å². The Morgan fingerprint density at radius 3 is 2.45 bits per heavy atom. The van der Waals surface area contributed by atoms with E-state index in [1.807, 2.05) is 13.8 Å². The normalized spacial score (nSPS) is 12.8. The first-order valence-corrected chi connectivity index (χ1v) is 8.86. The van der Waals surface area contributed by atoms with Crippen LogP contribution in [0.3, 0.4) is 0 Å². The lowest BCUT2D eigenvalue weighted by atomic mass is 10.2. The SMILES string of the molecule is CC(C)n1ncc(NCC(C)(C)S(C)(=O)=O)c(Br)c1=O. The second kappa shape index (κ2) is 5.85. The Kier molecular flexibility index (Phi) is 5.02. The molecule has 0 unspecified atom stereocenters. The van der Waals surface area contributed by atoms with E-state index in [9.17, 15) is 13.2 Å². The van der Waals surface area contributed by atoms with Crippen LogP contribution in [-0.4, -0.2) is 35.7 Å². The van der Waals surface area contributed by atoms with Gasteiger partial charge >= 0.3 is 0 Å². The van der Waals surface area contributed by atoms with Crippen LogP contribution in [-0.2, 0) is 9.84 Å². The number of aromatic nitrogens is 2. The van der Waals surface area contributed by atoms with Crippen molar-refractivity contribution in [1.82, 2.24) is 9.78 Å². The maximum Gasteiger partial charge on any atom is 0.283 e. The minimum atomic E-state index is -3.20. The Morgan fingerprint density at radius 2 is 2.00 bits per heavy atom. The average Bonchev–Trinajstić information content (AvgIpc) is 2.29. The van der Waals surface area contributed by atoms with Crippen LogP contribution in [0.4, 0.5) is 5.69 Å². The van der Waals surface area contributed by atoms with E-state index in [0.29, 0.717) is 10.2 Å². The summed E-state index contributed by atoms with van der Waals surface area (Å²) in [4.78, 5) is 12.0. The van der Waals surface area contributed by atoms with E-state index in [1.54, 1.807) is 13.8 Å². The molecule has 1 rings (SSSR count). The van der Waals surface area contributed by atoms with Crippen molar-refractivity contribution in [2.45, 2.75) is 38.5 Å². The van der Waals surface area contributed by atoms with Gasteiger partial charge in [0.1, 0.15) is 4.47 Å². The van der Waals surface area contributed by atoms with Crippen molar-refractivity contribution < 1.29 is 8.42 Å². The predicted molar refractivity (Wildman–Crippen MR) is 84.0 cm³/mol. The fourth-order valence-electron chi connectivity index (χ4n) is 1.38. The van der Waals surface area contributed by atoms with Crippen LogP contribution in [0.2, 0.25) is 0 Å². The number of rotatable bonds is 5. The predicted octanol–water partition coefficient (Wildman–Crippen LogP) is 1.82. The fraction of sp³-hybridized carbons (Fsp3) is 0.667. The van der Waals surface area contributed by atoms with Gasteiger partial charge in [-0.3, -0.25) is 4.79 Å². The number of nitrogens with zero attached hydrogens (tertiary/aromatic N) is 2. The third kappa shape index (κ3) is 3.60. The summed E-state index contributed by atoms with van der Waals surface area (Å²) in [5.74, 6) is 0. The molecule has 0 bridgehead atoms. The zero-order chi connectivity index (χ0) is 15.7. The molecule has 0 saturated carbocycles. The first-order chi connectivity index (χ1) is 8.97. The van der Waals surface area contributed by atoms with Crippen LogP contribution in [0.15, 0.2) is 15.5 Å². The molecule has 1 heterocycles. The van der Waals surface area contributed by atoms with E-state index in [4.69, 9.17) is 0 Å². The summed E-state index contributed by atoms with van der Waals surface area (Å²) < 4.78 is 24.1. The molecule has 1 N–H and O–H groups in total. The van der Waals surface area contributed by atoms with Crippen LogP contribution in [0.25, 0.3) is 0 Å². The van der Waals surface area contributed by atoms with Gasteiger partial charge in [-0.2, -0.15) is 5.10 Å². The number of sulfone groups is 1. The number of nitrogens with one attached hydrogen (secondary N) is 1. The van der Waals surface area contributed by atoms with E-state index in [-0.39, 0.29) is 18.1 Å². The number of hydrogen-bond donors (Lipinski definition) is 1. The van der Waals surface area contributed by atoms with Gasteiger partial charge in [-0.1, -0.05) is 0 Å². The summed E-state index contributed by atoms with van der Waals surface area (Å²) in [5.41, 5.74) is 0.241. The molecule has 0 amide bonds. The lowest BCUT2D eigenvalue weighted by molar-refractivity contribution is 0.501. The smallest absolute Gasteiger partial charge is 0.283 e. The lowest BCUT2D eigenvalue weighted by Gasteiger charge is -2.23. The molecule has 0 aromatic carbocycles. The van der Waals surface area contributed by atoms with Gasteiger partial charge in [0.15, 0.2) is 9.84 Å². The van der Waals surface area contributed by atoms with Crippen LogP contribution in [0.1, 0.15) is 33.7 Å². The first-order valence-electron chi connectivity index (χ1n) is 6.18. The molecule has 0 atom stereocenters. The summed E-state index contributed by atoms with van der Waals surface area (Å²) in [7, 11) is -3.20. The highest BCUT2D eigenvalue weighted by Gasteiger charge is 2.30. The number of anilines is 1. The van der Waals surface area contributed by atoms with E-state index >= 15 is 0 Å². The molecular weight excluding hydrogens is 346 g/mol. The quantitative estimate of drug-likeness (QED) is 0.860. The summed E-state index contributed by atoms with van der Waals surface area (Å²) >= 11 is 3.23. The molecule has 6 nitrogen and oxygen atoms in total. The molecule has 0 radical (unpaired) electrons. The highest BCUT2D eigenvalue weighted by molar-refractivity contribution is 9.10. The molecule has 1 aromatic heterocycles. The molecule has 0 aliphatic carbocycles. The summed E-state index contributed by atoms with van der Waals surface area (Å²) in [6.45, 7) is 7.18. The minimum Gasteiger partial charge on any atom is -0.381 e. The maximum absolute atomic E-state index is 12.0. The van der Waals surface area contributed by atoms with Gasteiger partial charge in [0.05, 0.1) is 22.7 Å². The van der Waals surface area contributed by atoms with Gasteiger partial charge in [-0.25, -0.2) is 13.1 Å². The lowest BCUT2D eigenvalue weighted by Crippen LogP contribution is -2.38. The van der Waals surface area contributed by atoms with E-state index in [1.165, 1.54) is 17.1 Å². The molecule has 114 valence electrons. The van der Waals surface area contributed by atoms with Gasteiger partial charge in [-0.15, -0.1) is 0 Å². The number of hydrogen-bond acceptors (Lipinski definition) is 5. The highest BCUT2D eigenvalue weighted by atomic mass is 79.9. The topological polar surface area (TPSA) is 81.1 Å². The maximum atomic E-state index is 12.0. The fourth-order valence-corrected chi connectivity index (χ4v) is 2.13. The van der Waals surface area contributed by atoms with Crippen molar-refractivity contribution in [1.29, 1.82) is 0 Å². The standard InChI is InChI=1S/C12H20BrN3O3S/c1-8(2)16-11(17)10(13)9(6-15-16)14-7-12(3,4)20(5,18)19/h6,8,14H,7H2,1-5H3. The van der Waals surface area contributed by atoms with Crippen LogP contribution in [0.5, 0.6) is 0 Å². The van der Waals surface area contributed by atoms with Crippen molar-refractivity contribution in [3.8, 4) is 0 Å². The van der Waals surface area contributed by atoms with Gasteiger partial charge in [-0.05, 0) is 43.6 Å². The molecule has 0 aliphatic heterocycles. The Labute approximate surface area is 127 Å². The molecule has 0 aliphatic rings. The van der Waals surface area contributed by atoms with Gasteiger partial charge < -0.3 is 5.32 Å². The van der Waals surface area contributed by atoms with Crippen molar-refractivity contribution in [2.24, 2.45) is 0 Å². The van der Waals surface area contributed by atoms with Crippen molar-refractivity contribution in [3.05, 3.63) is 21.0 Å². The molecule has 8 heteroatoms. The Bertz CT molecular complexity index is 650. The van der Waals surface area contributed by atoms with E-state index in [0.717, 1.165) is 0 Å². The van der Waals surface area contributed by atoms with E-state index < -0.39 is 14.6 Å². The third-order valence-corrected chi connectivity index (χ3v) is 6.06. The van der Waals surface area contributed by atoms with E-state index in [2.05, 4.69) is 26.3 Å². The summed E-state index contributed by atoms with van der Waals surface area (Å²) in [6.07, 6.45) is 2.71. The van der Waals surface area contributed by atoms with Crippen LogP contribution < -0.4 is 10.9 Å². The molecule has 0 fully saturated rings. The van der Waals surface area contributed by atoms with Gasteiger partial charge in [0.25, 0.3) is 5.56 Å². The third-order valence-electron chi connectivity index (χ3n) is 3.14. The van der Waals surface area contributed by atoms with Gasteiger partial charge in [0, 0.05) is 12.8 Å². The average molecular weight is 366 g/mol. The van der Waals surface area contributed by atoms with Gasteiger partial charge in [0.2, 0.25) is 0 Å². The molecule has 0 saturated heterocycles. The second-order valence-electron chi connectivity index (χ2n) is 5.60. The Morgan fingerprint density at radius 1 is 1.45 bits per heavy atom. The zero-order valence-corrected chi connectivity index (χ0v) is 14.7. The summed E-state index contributed by atoms with van der Waals surface area (Å²) in [5, 5.41) is 7.03. The second-order valence-corrected chi connectivity index (χ2v) is 9.04. The number of halogens is 1. The Balaban J connectivity index is 3.02. The zero-order valence-electron chi connectivity index (χ0n) is 12.3. The van der Waals surface area contributed by atoms with Crippen molar-refractivity contribution >= 4 is 31.5 Å². The minimum absolute atomic E-state index is 0.0414. The molecule has 0 spiro atoms. The molecule has 1 aromatic rings. The molecule has 20 heavy (non-hydrogen) atoms. The molecular formula is C12H20BrN3O3S. The highest BCUT2D eigenvalue weighted by Crippen LogP contribution is 2.20. The largest absolute Gasteiger partial charge is 0.381 e. The first kappa shape index (κ1) is 17.2. The monoisotopic (exact) mass is 365 g/mol. The Hall–Kier alpha value is -0.890. The van der Waals surface area contributed by atoms with Crippen LogP contribution >= 0.6 is 15.9 Å². The van der Waals surface area contributed by atoms with Crippen molar-refractivity contribution in [3.63, 3.8) is 0 Å².